The first-order valence-electron chi connectivity index (χ1n) is 6.41. The van der Waals surface area contributed by atoms with Crippen LogP contribution in [0.15, 0.2) is 30.3 Å². The number of hydrogen-bond acceptors (Lipinski definition) is 4. The summed E-state index contributed by atoms with van der Waals surface area (Å²) >= 11 is 0. The summed E-state index contributed by atoms with van der Waals surface area (Å²) < 4.78 is 9.88. The molecule has 108 valence electrons. The van der Waals surface area contributed by atoms with Gasteiger partial charge in [0, 0.05) is 12.5 Å². The van der Waals surface area contributed by atoms with Gasteiger partial charge in [-0.1, -0.05) is 19.1 Å². The highest BCUT2D eigenvalue weighted by molar-refractivity contribution is 5.91. The van der Waals surface area contributed by atoms with Crippen molar-refractivity contribution in [1.29, 1.82) is 0 Å². The minimum absolute atomic E-state index is 0.189. The van der Waals surface area contributed by atoms with Gasteiger partial charge in [0.1, 0.15) is 12.4 Å². The Kier molecular flexibility index (Phi) is 6.89. The van der Waals surface area contributed by atoms with Gasteiger partial charge in [-0.25, -0.2) is 0 Å². The van der Waals surface area contributed by atoms with Gasteiger partial charge in [-0.15, -0.1) is 0 Å². The van der Waals surface area contributed by atoms with Gasteiger partial charge in [-0.2, -0.15) is 0 Å². The lowest BCUT2D eigenvalue weighted by molar-refractivity contribution is -0.143. The van der Waals surface area contributed by atoms with E-state index in [1.165, 1.54) is 6.08 Å². The molecule has 0 radical (unpaired) electrons. The van der Waals surface area contributed by atoms with Crippen LogP contribution in [0, 0.1) is 0 Å². The monoisotopic (exact) mass is 277 g/mol. The molecule has 0 heterocycles. The van der Waals surface area contributed by atoms with E-state index in [-0.39, 0.29) is 18.5 Å². The average molecular weight is 277 g/mol. The van der Waals surface area contributed by atoms with Crippen LogP contribution < -0.4 is 10.1 Å². The van der Waals surface area contributed by atoms with Gasteiger partial charge in [0.25, 0.3) is 0 Å². The lowest BCUT2D eigenvalue weighted by Crippen LogP contribution is -2.26. The number of esters is 1. The van der Waals surface area contributed by atoms with E-state index in [2.05, 4.69) is 5.32 Å². The maximum Gasteiger partial charge on any atom is 0.305 e. The third-order valence-electron chi connectivity index (χ3n) is 2.50. The van der Waals surface area contributed by atoms with Crippen LogP contribution in [0.5, 0.6) is 5.75 Å². The molecule has 0 aliphatic carbocycles. The summed E-state index contributed by atoms with van der Waals surface area (Å²) in [5, 5.41) is 2.63. The summed E-state index contributed by atoms with van der Waals surface area (Å²) in [6.07, 6.45) is 3.47. The molecule has 0 aliphatic rings. The fourth-order valence-electron chi connectivity index (χ4n) is 1.39. The molecule has 1 aromatic carbocycles. The topological polar surface area (TPSA) is 64.6 Å². The largest absolute Gasteiger partial charge is 0.497 e. The van der Waals surface area contributed by atoms with Crippen molar-refractivity contribution in [2.24, 2.45) is 0 Å². The molecule has 0 fully saturated rings. The standard InChI is InChI=1S/C15H19NO4/c1-3-15(18)20-11-10-16-14(17)9-6-12-4-7-13(19-2)8-5-12/h4-9H,3,10-11H2,1-2H3,(H,16,17)/b9-6+. The van der Waals surface area contributed by atoms with E-state index in [9.17, 15) is 9.59 Å². The first-order chi connectivity index (χ1) is 9.65. The van der Waals surface area contributed by atoms with Crippen molar-refractivity contribution < 1.29 is 19.1 Å². The Morgan fingerprint density at radius 2 is 1.95 bits per heavy atom. The maximum atomic E-state index is 11.5. The molecule has 0 aromatic heterocycles. The van der Waals surface area contributed by atoms with Crippen LogP contribution in [0.3, 0.4) is 0 Å². The Morgan fingerprint density at radius 3 is 2.55 bits per heavy atom. The predicted molar refractivity (Wildman–Crippen MR) is 76.3 cm³/mol. The lowest BCUT2D eigenvalue weighted by Gasteiger charge is -2.03. The van der Waals surface area contributed by atoms with Gasteiger partial charge >= 0.3 is 5.97 Å². The zero-order valence-corrected chi connectivity index (χ0v) is 11.7. The molecule has 5 nitrogen and oxygen atoms in total. The predicted octanol–water partition coefficient (Wildman–Crippen LogP) is 1.78. The Hall–Kier alpha value is -2.30. The van der Waals surface area contributed by atoms with Gasteiger partial charge in [0.2, 0.25) is 5.91 Å². The van der Waals surface area contributed by atoms with Crippen LogP contribution in [-0.4, -0.2) is 32.1 Å². The number of ether oxygens (including phenoxy) is 2. The number of methoxy groups -OCH3 is 1. The Morgan fingerprint density at radius 1 is 1.25 bits per heavy atom. The molecular weight excluding hydrogens is 258 g/mol. The van der Waals surface area contributed by atoms with Gasteiger partial charge < -0.3 is 14.8 Å². The highest BCUT2D eigenvalue weighted by Gasteiger charge is 1.99. The molecule has 0 saturated carbocycles. The average Bonchev–Trinajstić information content (AvgIpc) is 2.49. The third kappa shape index (κ3) is 6.04. The van der Waals surface area contributed by atoms with E-state index < -0.39 is 0 Å². The summed E-state index contributed by atoms with van der Waals surface area (Å²) in [6.45, 7) is 2.21. The maximum absolute atomic E-state index is 11.5. The van der Waals surface area contributed by atoms with E-state index in [1.807, 2.05) is 24.3 Å². The van der Waals surface area contributed by atoms with Crippen molar-refractivity contribution in [1.82, 2.24) is 5.32 Å². The molecule has 0 saturated heterocycles. The molecule has 0 aliphatic heterocycles. The van der Waals surface area contributed by atoms with Crippen LogP contribution >= 0.6 is 0 Å². The van der Waals surface area contributed by atoms with Crippen LogP contribution in [0.2, 0.25) is 0 Å². The summed E-state index contributed by atoms with van der Waals surface area (Å²) in [5.74, 6) is 0.269. The van der Waals surface area contributed by atoms with Crippen LogP contribution in [-0.2, 0) is 14.3 Å². The first kappa shape index (κ1) is 15.8. The molecule has 20 heavy (non-hydrogen) atoms. The number of nitrogens with one attached hydrogen (secondary N) is 1. The van der Waals surface area contributed by atoms with Gasteiger partial charge in [-0.05, 0) is 23.8 Å². The number of amides is 1. The summed E-state index contributed by atoms with van der Waals surface area (Å²) in [6, 6.07) is 7.35. The second-order valence-corrected chi connectivity index (χ2v) is 3.97. The molecule has 1 aromatic rings. The van der Waals surface area contributed by atoms with E-state index in [4.69, 9.17) is 9.47 Å². The van der Waals surface area contributed by atoms with Crippen molar-refractivity contribution in [3.63, 3.8) is 0 Å². The highest BCUT2D eigenvalue weighted by atomic mass is 16.5. The normalized spacial score (nSPS) is 10.3. The zero-order valence-electron chi connectivity index (χ0n) is 11.7. The number of rotatable bonds is 7. The Labute approximate surface area is 118 Å². The number of carbonyl (C=O) groups is 2. The van der Waals surface area contributed by atoms with Crippen molar-refractivity contribution in [2.75, 3.05) is 20.3 Å². The molecule has 0 atom stereocenters. The minimum Gasteiger partial charge on any atom is -0.497 e. The fraction of sp³-hybridized carbons (Fsp3) is 0.333. The van der Waals surface area contributed by atoms with Crippen molar-refractivity contribution in [3.05, 3.63) is 35.9 Å². The molecule has 0 bridgehead atoms. The molecule has 0 spiro atoms. The van der Waals surface area contributed by atoms with Crippen LogP contribution in [0.4, 0.5) is 0 Å². The number of benzene rings is 1. The van der Waals surface area contributed by atoms with Crippen molar-refractivity contribution in [3.8, 4) is 5.75 Å². The summed E-state index contributed by atoms with van der Waals surface area (Å²) in [4.78, 5) is 22.4. The molecular formula is C15H19NO4. The van der Waals surface area contributed by atoms with Crippen LogP contribution in [0.1, 0.15) is 18.9 Å². The Bertz CT molecular complexity index is 465. The molecule has 1 rings (SSSR count). The van der Waals surface area contributed by atoms with Crippen molar-refractivity contribution >= 4 is 18.0 Å². The molecule has 1 amide bonds. The SMILES string of the molecule is CCC(=O)OCCNC(=O)/C=C/c1ccc(OC)cc1. The van der Waals surface area contributed by atoms with E-state index >= 15 is 0 Å². The first-order valence-corrected chi connectivity index (χ1v) is 6.41. The van der Waals surface area contributed by atoms with E-state index in [0.29, 0.717) is 13.0 Å². The smallest absolute Gasteiger partial charge is 0.305 e. The molecule has 0 unspecified atom stereocenters. The second kappa shape index (κ2) is 8.74. The van der Waals surface area contributed by atoms with Gasteiger partial charge in [0.15, 0.2) is 0 Å². The lowest BCUT2D eigenvalue weighted by atomic mass is 10.2. The highest BCUT2D eigenvalue weighted by Crippen LogP contribution is 2.12. The van der Waals surface area contributed by atoms with Gasteiger partial charge in [-0.3, -0.25) is 9.59 Å². The van der Waals surface area contributed by atoms with Gasteiger partial charge in [0.05, 0.1) is 13.7 Å². The minimum atomic E-state index is -0.270. The van der Waals surface area contributed by atoms with E-state index in [1.54, 1.807) is 20.1 Å². The number of hydrogen-bond donors (Lipinski definition) is 1. The summed E-state index contributed by atoms with van der Waals surface area (Å²) in [7, 11) is 1.60. The fourth-order valence-corrected chi connectivity index (χ4v) is 1.39. The van der Waals surface area contributed by atoms with Crippen molar-refractivity contribution in [2.45, 2.75) is 13.3 Å². The third-order valence-corrected chi connectivity index (χ3v) is 2.50. The molecule has 5 heteroatoms. The Balaban J connectivity index is 2.30. The summed E-state index contributed by atoms with van der Waals surface area (Å²) in [5.41, 5.74) is 0.901. The zero-order chi connectivity index (χ0) is 14.8. The molecule has 1 N–H and O–H groups in total. The van der Waals surface area contributed by atoms with Crippen LogP contribution in [0.25, 0.3) is 6.08 Å². The number of carbonyl (C=O) groups excluding carboxylic acids is 2. The quantitative estimate of drug-likeness (QED) is 0.469. The second-order valence-electron chi connectivity index (χ2n) is 3.97. The van der Waals surface area contributed by atoms with E-state index in [0.717, 1.165) is 11.3 Å².